The van der Waals surface area contributed by atoms with Crippen LogP contribution >= 0.6 is 0 Å². The van der Waals surface area contributed by atoms with Crippen LogP contribution in [0.2, 0.25) is 0 Å². The van der Waals surface area contributed by atoms with Crippen LogP contribution in [0.1, 0.15) is 47.7 Å². The number of carbonyl (C=O) groups excluding carboxylic acids is 4. The fourth-order valence-corrected chi connectivity index (χ4v) is 3.60. The minimum absolute atomic E-state index is 0.00173. The summed E-state index contributed by atoms with van der Waals surface area (Å²) in [5, 5.41) is 2.74. The van der Waals surface area contributed by atoms with Crippen LogP contribution in [0, 0.1) is 19.8 Å². The van der Waals surface area contributed by atoms with Gasteiger partial charge in [-0.15, -0.1) is 0 Å². The lowest BCUT2D eigenvalue weighted by atomic mass is 10.1. The molecule has 8 nitrogen and oxygen atoms in total. The molecule has 0 bridgehead atoms. The number of aryl methyl sites for hydroxylation is 2. The third-order valence-corrected chi connectivity index (χ3v) is 5.62. The van der Waals surface area contributed by atoms with E-state index < -0.39 is 30.4 Å². The Balaban J connectivity index is 1.51. The van der Waals surface area contributed by atoms with E-state index in [1.165, 1.54) is 4.90 Å². The predicted octanol–water partition coefficient (Wildman–Crippen LogP) is 3.80. The molecular weight excluding hydrogens is 436 g/mol. The van der Waals surface area contributed by atoms with Gasteiger partial charge < -0.3 is 19.7 Å². The first-order valence-corrected chi connectivity index (χ1v) is 11.4. The Labute approximate surface area is 199 Å². The molecule has 0 saturated carbocycles. The molecule has 180 valence electrons. The van der Waals surface area contributed by atoms with Gasteiger partial charge in [0.05, 0.1) is 18.1 Å². The van der Waals surface area contributed by atoms with Gasteiger partial charge in [-0.05, 0) is 61.7 Å². The zero-order valence-corrected chi connectivity index (χ0v) is 19.8. The van der Waals surface area contributed by atoms with Crippen molar-refractivity contribution in [3.63, 3.8) is 0 Å². The summed E-state index contributed by atoms with van der Waals surface area (Å²) in [4.78, 5) is 50.7. The topological polar surface area (TPSA) is 102 Å². The highest BCUT2D eigenvalue weighted by atomic mass is 16.5. The average molecular weight is 467 g/mol. The summed E-state index contributed by atoms with van der Waals surface area (Å²) in [6.45, 7) is 5.91. The summed E-state index contributed by atoms with van der Waals surface area (Å²) in [5.41, 5.74) is 3.56. The zero-order chi connectivity index (χ0) is 24.7. The number of esters is 2. The third kappa shape index (κ3) is 6.43. The van der Waals surface area contributed by atoms with Crippen LogP contribution in [0.4, 0.5) is 11.4 Å². The van der Waals surface area contributed by atoms with Crippen molar-refractivity contribution < 1.29 is 28.7 Å². The Morgan fingerprint density at radius 3 is 2.50 bits per heavy atom. The van der Waals surface area contributed by atoms with Crippen molar-refractivity contribution in [2.45, 2.75) is 40.0 Å². The summed E-state index contributed by atoms with van der Waals surface area (Å²) in [6.07, 6.45) is 1.74. The largest absolute Gasteiger partial charge is 0.462 e. The SMILES string of the molecule is CCCCOC(=O)c1ccc(N2C[C@H](C(=O)OCC(=O)Nc3cc(C)ccc3C)CC2=O)cc1. The molecule has 34 heavy (non-hydrogen) atoms. The van der Waals surface area contributed by atoms with Gasteiger partial charge in [0, 0.05) is 24.3 Å². The normalized spacial score (nSPS) is 15.2. The van der Waals surface area contributed by atoms with Crippen molar-refractivity contribution in [2.75, 3.05) is 30.0 Å². The van der Waals surface area contributed by atoms with Crippen LogP contribution < -0.4 is 10.2 Å². The van der Waals surface area contributed by atoms with E-state index in [9.17, 15) is 19.2 Å². The van der Waals surface area contributed by atoms with Crippen molar-refractivity contribution in [1.82, 2.24) is 0 Å². The smallest absolute Gasteiger partial charge is 0.338 e. The first-order chi connectivity index (χ1) is 16.3. The number of amides is 2. The highest BCUT2D eigenvalue weighted by Gasteiger charge is 2.36. The summed E-state index contributed by atoms with van der Waals surface area (Å²) in [5.74, 6) is -2.33. The molecular formula is C26H30N2O6. The van der Waals surface area contributed by atoms with Gasteiger partial charge in [-0.25, -0.2) is 4.79 Å². The number of hydrogen-bond acceptors (Lipinski definition) is 6. The minimum Gasteiger partial charge on any atom is -0.462 e. The van der Waals surface area contributed by atoms with Gasteiger partial charge >= 0.3 is 11.9 Å². The first kappa shape index (κ1) is 25.0. The predicted molar refractivity (Wildman–Crippen MR) is 128 cm³/mol. The number of unbranched alkanes of at least 4 members (excludes halogenated alkanes) is 1. The Bertz CT molecular complexity index is 1060. The molecule has 2 aromatic rings. The summed E-state index contributed by atoms with van der Waals surface area (Å²) >= 11 is 0. The number of benzene rings is 2. The average Bonchev–Trinajstić information content (AvgIpc) is 3.21. The molecule has 3 rings (SSSR count). The number of anilines is 2. The lowest BCUT2D eigenvalue weighted by Crippen LogP contribution is -2.28. The van der Waals surface area contributed by atoms with E-state index in [0.29, 0.717) is 23.5 Å². The number of hydrogen-bond donors (Lipinski definition) is 1. The molecule has 1 N–H and O–H groups in total. The second-order valence-electron chi connectivity index (χ2n) is 8.42. The fourth-order valence-electron chi connectivity index (χ4n) is 3.60. The molecule has 1 atom stereocenters. The highest BCUT2D eigenvalue weighted by Crippen LogP contribution is 2.26. The molecule has 0 radical (unpaired) electrons. The molecule has 8 heteroatoms. The van der Waals surface area contributed by atoms with Crippen LogP contribution in [-0.2, 0) is 23.9 Å². The number of nitrogens with one attached hydrogen (secondary N) is 1. The van der Waals surface area contributed by atoms with Gasteiger partial charge in [-0.1, -0.05) is 25.5 Å². The first-order valence-electron chi connectivity index (χ1n) is 11.4. The zero-order valence-electron chi connectivity index (χ0n) is 19.8. The second kappa shape index (κ2) is 11.4. The van der Waals surface area contributed by atoms with Gasteiger partial charge in [-0.3, -0.25) is 14.4 Å². The molecule has 1 aliphatic heterocycles. The summed E-state index contributed by atoms with van der Waals surface area (Å²) in [6, 6.07) is 12.2. The van der Waals surface area contributed by atoms with E-state index in [1.54, 1.807) is 24.3 Å². The molecule has 0 aliphatic carbocycles. The molecule has 1 fully saturated rings. The Hall–Kier alpha value is -3.68. The van der Waals surface area contributed by atoms with Crippen LogP contribution in [0.5, 0.6) is 0 Å². The standard InChI is InChI=1S/C26H30N2O6/c1-4-5-12-33-25(31)19-8-10-21(11-9-19)28-15-20(14-24(28)30)26(32)34-16-23(29)27-22-13-17(2)6-7-18(22)3/h6-11,13,20H,4-5,12,14-16H2,1-3H3,(H,27,29)/t20-/m1/s1. The van der Waals surface area contributed by atoms with E-state index >= 15 is 0 Å². The third-order valence-electron chi connectivity index (χ3n) is 5.62. The lowest BCUT2D eigenvalue weighted by molar-refractivity contribution is -0.151. The quantitative estimate of drug-likeness (QED) is 0.446. The number of ether oxygens (including phenoxy) is 2. The van der Waals surface area contributed by atoms with Crippen LogP contribution in [0.25, 0.3) is 0 Å². The Morgan fingerprint density at radius 1 is 1.06 bits per heavy atom. The van der Waals surface area contributed by atoms with Crippen molar-refractivity contribution >= 4 is 35.1 Å². The van der Waals surface area contributed by atoms with Crippen molar-refractivity contribution in [1.29, 1.82) is 0 Å². The van der Waals surface area contributed by atoms with Gasteiger partial charge in [0.15, 0.2) is 6.61 Å². The van der Waals surface area contributed by atoms with Crippen molar-refractivity contribution in [3.8, 4) is 0 Å². The maximum absolute atomic E-state index is 12.5. The number of nitrogens with zero attached hydrogens (tertiary/aromatic N) is 1. The van der Waals surface area contributed by atoms with Crippen LogP contribution in [-0.4, -0.2) is 43.5 Å². The fraction of sp³-hybridized carbons (Fsp3) is 0.385. The molecule has 1 aliphatic rings. The molecule has 2 amide bonds. The maximum Gasteiger partial charge on any atom is 0.338 e. The van der Waals surface area contributed by atoms with E-state index in [4.69, 9.17) is 9.47 Å². The monoisotopic (exact) mass is 466 g/mol. The Kier molecular flexibility index (Phi) is 8.40. The minimum atomic E-state index is -0.667. The Morgan fingerprint density at radius 2 is 1.79 bits per heavy atom. The molecule has 1 saturated heterocycles. The van der Waals surface area contributed by atoms with E-state index in [2.05, 4.69) is 5.32 Å². The molecule has 0 spiro atoms. The van der Waals surface area contributed by atoms with Gasteiger partial charge in [0.1, 0.15) is 0 Å². The van der Waals surface area contributed by atoms with E-state index in [1.807, 2.05) is 39.0 Å². The van der Waals surface area contributed by atoms with Crippen LogP contribution in [0.3, 0.4) is 0 Å². The maximum atomic E-state index is 12.5. The highest BCUT2D eigenvalue weighted by molar-refractivity contribution is 6.00. The number of carbonyl (C=O) groups is 4. The summed E-state index contributed by atoms with van der Waals surface area (Å²) < 4.78 is 10.4. The van der Waals surface area contributed by atoms with Gasteiger partial charge in [0.2, 0.25) is 5.91 Å². The molecule has 1 heterocycles. The second-order valence-corrected chi connectivity index (χ2v) is 8.42. The molecule has 0 aromatic heterocycles. The van der Waals surface area contributed by atoms with Crippen LogP contribution in [0.15, 0.2) is 42.5 Å². The lowest BCUT2D eigenvalue weighted by Gasteiger charge is -2.17. The van der Waals surface area contributed by atoms with Gasteiger partial charge in [0.25, 0.3) is 5.91 Å². The van der Waals surface area contributed by atoms with Gasteiger partial charge in [-0.2, -0.15) is 0 Å². The summed E-state index contributed by atoms with van der Waals surface area (Å²) in [7, 11) is 0. The van der Waals surface area contributed by atoms with Crippen molar-refractivity contribution in [2.24, 2.45) is 5.92 Å². The molecule has 2 aromatic carbocycles. The number of rotatable bonds is 9. The van der Waals surface area contributed by atoms with E-state index in [0.717, 1.165) is 24.0 Å². The van der Waals surface area contributed by atoms with Crippen molar-refractivity contribution in [3.05, 3.63) is 59.2 Å². The van der Waals surface area contributed by atoms with E-state index in [-0.39, 0.29) is 18.9 Å². The molecule has 0 unspecified atom stereocenters.